The monoisotopic (exact) mass is 216 g/mol. The van der Waals surface area contributed by atoms with Gasteiger partial charge in [0.1, 0.15) is 0 Å². The van der Waals surface area contributed by atoms with Gasteiger partial charge in [0, 0.05) is 0 Å². The smallest absolute Gasteiger partial charge is 0.204 e. The van der Waals surface area contributed by atoms with Gasteiger partial charge in [-0.25, -0.2) is 0 Å². The summed E-state index contributed by atoms with van der Waals surface area (Å²) in [6, 6.07) is 15.5. The van der Waals surface area contributed by atoms with E-state index in [1.165, 1.54) is 16.0 Å². The van der Waals surface area contributed by atoms with Gasteiger partial charge in [-0.3, -0.25) is 0 Å². The third-order valence-corrected chi connectivity index (χ3v) is 5.09. The van der Waals surface area contributed by atoms with Crippen molar-refractivity contribution in [1.82, 2.24) is 0 Å². The molecule has 0 radical (unpaired) electrons. The Labute approximate surface area is 92.1 Å². The minimum Gasteiger partial charge on any atom is -0.430 e. The van der Waals surface area contributed by atoms with Crippen LogP contribution in [0.3, 0.4) is 0 Å². The highest BCUT2D eigenvalue weighted by Gasteiger charge is 2.11. The van der Waals surface area contributed by atoms with Gasteiger partial charge in [0.25, 0.3) is 0 Å². The standard InChI is InChI=1S/C13H16OSi/c1-2-10-15(14)13-9-5-7-11-6-3-4-8-12(11)13/h3-9,14-15H,2,10H2,1H3. The van der Waals surface area contributed by atoms with E-state index in [2.05, 4.69) is 31.2 Å². The van der Waals surface area contributed by atoms with Gasteiger partial charge < -0.3 is 4.80 Å². The first-order valence-corrected chi connectivity index (χ1v) is 7.39. The Morgan fingerprint density at radius 1 is 1.07 bits per heavy atom. The molecule has 1 unspecified atom stereocenters. The molecule has 0 saturated carbocycles. The van der Waals surface area contributed by atoms with E-state index in [0.29, 0.717) is 0 Å². The number of hydrogen-bond donors (Lipinski definition) is 1. The zero-order chi connectivity index (χ0) is 10.7. The van der Waals surface area contributed by atoms with E-state index in [-0.39, 0.29) is 0 Å². The molecule has 0 aliphatic heterocycles. The van der Waals surface area contributed by atoms with Crippen molar-refractivity contribution >= 4 is 25.0 Å². The Morgan fingerprint density at radius 2 is 1.80 bits per heavy atom. The molecule has 2 aromatic carbocycles. The maximum atomic E-state index is 10.2. The van der Waals surface area contributed by atoms with Gasteiger partial charge in [-0.2, -0.15) is 0 Å². The first-order valence-electron chi connectivity index (χ1n) is 5.48. The van der Waals surface area contributed by atoms with Crippen molar-refractivity contribution < 1.29 is 4.80 Å². The molecule has 0 aromatic heterocycles. The molecule has 0 spiro atoms. The Morgan fingerprint density at radius 3 is 2.60 bits per heavy atom. The number of fused-ring (bicyclic) bond motifs is 1. The molecule has 0 amide bonds. The molecule has 0 saturated heterocycles. The third-order valence-electron chi connectivity index (χ3n) is 2.74. The van der Waals surface area contributed by atoms with Crippen LogP contribution in [0.15, 0.2) is 42.5 Å². The van der Waals surface area contributed by atoms with Crippen molar-refractivity contribution in [2.75, 3.05) is 0 Å². The summed E-state index contributed by atoms with van der Waals surface area (Å²) in [4.78, 5) is 10.2. The Bertz CT molecular complexity index is 448. The topological polar surface area (TPSA) is 20.2 Å². The summed E-state index contributed by atoms with van der Waals surface area (Å²) in [6.45, 7) is 2.13. The second-order valence-electron chi connectivity index (χ2n) is 3.87. The summed E-state index contributed by atoms with van der Waals surface area (Å²) in [6.07, 6.45) is 1.07. The van der Waals surface area contributed by atoms with E-state index in [4.69, 9.17) is 0 Å². The first-order chi connectivity index (χ1) is 7.33. The van der Waals surface area contributed by atoms with E-state index < -0.39 is 9.04 Å². The summed E-state index contributed by atoms with van der Waals surface area (Å²) in [5, 5.41) is 3.65. The van der Waals surface area contributed by atoms with Gasteiger partial charge in [-0.1, -0.05) is 55.8 Å². The summed E-state index contributed by atoms with van der Waals surface area (Å²) in [7, 11) is -1.71. The average Bonchev–Trinajstić information content (AvgIpc) is 2.28. The van der Waals surface area contributed by atoms with Crippen molar-refractivity contribution in [3.63, 3.8) is 0 Å². The number of rotatable bonds is 3. The zero-order valence-electron chi connectivity index (χ0n) is 8.98. The molecule has 1 atom stereocenters. The zero-order valence-corrected chi connectivity index (χ0v) is 10.1. The quantitative estimate of drug-likeness (QED) is 0.780. The van der Waals surface area contributed by atoms with E-state index in [0.717, 1.165) is 12.5 Å². The van der Waals surface area contributed by atoms with Gasteiger partial charge in [0.05, 0.1) is 0 Å². The van der Waals surface area contributed by atoms with Crippen molar-refractivity contribution in [2.45, 2.75) is 19.4 Å². The molecule has 0 bridgehead atoms. The first kappa shape index (κ1) is 10.4. The maximum absolute atomic E-state index is 10.2. The second-order valence-corrected chi connectivity index (χ2v) is 6.10. The van der Waals surface area contributed by atoms with Crippen LogP contribution in [0.1, 0.15) is 13.3 Å². The molecule has 1 N–H and O–H groups in total. The van der Waals surface area contributed by atoms with E-state index in [9.17, 15) is 4.80 Å². The SMILES string of the molecule is CCC[SiH](O)c1cccc2ccccc12. The fourth-order valence-electron chi connectivity index (χ4n) is 1.97. The van der Waals surface area contributed by atoms with Gasteiger partial charge in [-0.05, 0) is 22.0 Å². The van der Waals surface area contributed by atoms with Crippen molar-refractivity contribution in [1.29, 1.82) is 0 Å². The third kappa shape index (κ3) is 2.11. The van der Waals surface area contributed by atoms with E-state index >= 15 is 0 Å². The lowest BCUT2D eigenvalue weighted by Crippen LogP contribution is -2.30. The van der Waals surface area contributed by atoms with Crippen LogP contribution in [-0.2, 0) is 0 Å². The van der Waals surface area contributed by atoms with Gasteiger partial charge in [-0.15, -0.1) is 0 Å². The molecular weight excluding hydrogens is 200 g/mol. The van der Waals surface area contributed by atoms with Crippen LogP contribution in [0.2, 0.25) is 6.04 Å². The summed E-state index contributed by atoms with van der Waals surface area (Å²) >= 11 is 0. The molecule has 1 nitrogen and oxygen atoms in total. The Balaban J connectivity index is 2.50. The molecule has 2 rings (SSSR count). The maximum Gasteiger partial charge on any atom is 0.204 e. The summed E-state index contributed by atoms with van der Waals surface area (Å²) in [5.74, 6) is 0. The minimum atomic E-state index is -1.71. The van der Waals surface area contributed by atoms with Crippen LogP contribution in [0.4, 0.5) is 0 Å². The molecule has 0 aliphatic rings. The predicted molar refractivity (Wildman–Crippen MR) is 68.0 cm³/mol. The van der Waals surface area contributed by atoms with Crippen LogP contribution in [0.5, 0.6) is 0 Å². The van der Waals surface area contributed by atoms with Crippen LogP contribution >= 0.6 is 0 Å². The molecule has 78 valence electrons. The molecule has 2 aromatic rings. The normalized spacial score (nSPS) is 12.9. The number of benzene rings is 2. The molecule has 0 heterocycles. The van der Waals surface area contributed by atoms with Gasteiger partial charge in [0.2, 0.25) is 9.04 Å². The summed E-state index contributed by atoms with van der Waals surface area (Å²) < 4.78 is 0. The lowest BCUT2D eigenvalue weighted by molar-refractivity contribution is 0.582. The van der Waals surface area contributed by atoms with Crippen molar-refractivity contribution in [3.8, 4) is 0 Å². The molecule has 0 aliphatic carbocycles. The Hall–Kier alpha value is -1.12. The average molecular weight is 216 g/mol. The van der Waals surface area contributed by atoms with Crippen molar-refractivity contribution in [3.05, 3.63) is 42.5 Å². The van der Waals surface area contributed by atoms with E-state index in [1.807, 2.05) is 18.2 Å². The highest BCUT2D eigenvalue weighted by molar-refractivity contribution is 6.68. The molecule has 0 fully saturated rings. The fraction of sp³-hybridized carbons (Fsp3) is 0.231. The van der Waals surface area contributed by atoms with Crippen molar-refractivity contribution in [2.24, 2.45) is 0 Å². The molecular formula is C13H16OSi. The lowest BCUT2D eigenvalue weighted by atomic mass is 10.1. The van der Waals surface area contributed by atoms with Crippen LogP contribution in [-0.4, -0.2) is 13.8 Å². The van der Waals surface area contributed by atoms with Crippen LogP contribution in [0, 0.1) is 0 Å². The highest BCUT2D eigenvalue weighted by atomic mass is 28.3. The van der Waals surface area contributed by atoms with Crippen LogP contribution < -0.4 is 5.19 Å². The van der Waals surface area contributed by atoms with Crippen LogP contribution in [0.25, 0.3) is 10.8 Å². The van der Waals surface area contributed by atoms with Gasteiger partial charge >= 0.3 is 0 Å². The second kappa shape index (κ2) is 4.60. The lowest BCUT2D eigenvalue weighted by Gasteiger charge is -2.10. The molecule has 2 heteroatoms. The fourth-order valence-corrected chi connectivity index (χ4v) is 3.78. The predicted octanol–water partition coefficient (Wildman–Crippen LogP) is 2.17. The van der Waals surface area contributed by atoms with Gasteiger partial charge in [0.15, 0.2) is 0 Å². The summed E-state index contributed by atoms with van der Waals surface area (Å²) in [5.41, 5.74) is 0. The minimum absolute atomic E-state index is 0.966. The van der Waals surface area contributed by atoms with E-state index in [1.54, 1.807) is 0 Å². The Kier molecular flexibility index (Phi) is 3.19. The number of hydrogen-bond acceptors (Lipinski definition) is 1. The largest absolute Gasteiger partial charge is 0.430 e. The molecule has 15 heavy (non-hydrogen) atoms. The highest BCUT2D eigenvalue weighted by Crippen LogP contribution is 2.12.